The second-order valence-corrected chi connectivity index (χ2v) is 11.3. The Balaban J connectivity index is 1.62. The fraction of sp³-hybridized carbons (Fsp3) is 0.391. The molecule has 0 aliphatic carbocycles. The largest absolute Gasteiger partial charge is 0.373 e. The maximum absolute atomic E-state index is 13.0. The molecule has 1 amide bonds. The molecule has 0 spiro atoms. The van der Waals surface area contributed by atoms with Gasteiger partial charge in [0.05, 0.1) is 27.3 Å². The molecule has 1 aromatic heterocycles. The van der Waals surface area contributed by atoms with Gasteiger partial charge in [0.15, 0.2) is 4.80 Å². The molecule has 3 aromatic rings. The van der Waals surface area contributed by atoms with E-state index in [1.165, 1.54) is 45.5 Å². The van der Waals surface area contributed by atoms with Crippen molar-refractivity contribution in [2.75, 3.05) is 13.1 Å². The zero-order chi connectivity index (χ0) is 23.2. The Morgan fingerprint density at radius 2 is 1.69 bits per heavy atom. The topological polar surface area (TPSA) is 81.0 Å². The first kappa shape index (κ1) is 22.8. The average molecular weight is 474 g/mol. The van der Waals surface area contributed by atoms with Crippen molar-refractivity contribution >= 4 is 37.5 Å². The maximum atomic E-state index is 13.0. The van der Waals surface area contributed by atoms with Crippen molar-refractivity contribution in [2.24, 2.45) is 12.0 Å². The summed E-state index contributed by atoms with van der Waals surface area (Å²) >= 11 is 1.46. The van der Waals surface area contributed by atoms with Crippen LogP contribution in [-0.2, 0) is 21.8 Å². The number of carbonyl (C=O) groups is 1. The average Bonchev–Trinajstić information content (AvgIpc) is 3.06. The summed E-state index contributed by atoms with van der Waals surface area (Å²) in [6, 6.07) is 10.1. The summed E-state index contributed by atoms with van der Waals surface area (Å²) in [7, 11) is -1.75. The number of sulfonamides is 1. The first-order chi connectivity index (χ1) is 15.1. The van der Waals surface area contributed by atoms with Crippen molar-refractivity contribution in [2.45, 2.75) is 44.8 Å². The Kier molecular flexibility index (Phi) is 6.10. The van der Waals surface area contributed by atoms with E-state index in [2.05, 4.69) is 24.9 Å². The molecule has 0 N–H and O–H groups in total. The molecule has 4 rings (SSSR count). The van der Waals surface area contributed by atoms with E-state index in [-0.39, 0.29) is 17.1 Å². The predicted octanol–water partition coefficient (Wildman–Crippen LogP) is 3.40. The fourth-order valence-electron chi connectivity index (χ4n) is 4.03. The SMILES string of the molecule is Cc1ccc2sc(=NC(=O)c3ccc(S(=O)(=O)N4C[C@@H](C)O[C@H](C)C4)cc3)n(C)c2c1C. The molecule has 32 heavy (non-hydrogen) atoms. The fourth-order valence-corrected chi connectivity index (χ4v) is 6.70. The molecule has 0 bridgehead atoms. The lowest BCUT2D eigenvalue weighted by atomic mass is 10.1. The highest BCUT2D eigenvalue weighted by Gasteiger charge is 2.32. The van der Waals surface area contributed by atoms with Gasteiger partial charge < -0.3 is 9.30 Å². The van der Waals surface area contributed by atoms with Crippen LogP contribution in [0.15, 0.2) is 46.3 Å². The summed E-state index contributed by atoms with van der Waals surface area (Å²) in [5, 5.41) is 0. The summed E-state index contributed by atoms with van der Waals surface area (Å²) in [4.78, 5) is 17.9. The molecule has 1 fully saturated rings. The number of fused-ring (bicyclic) bond motifs is 1. The second kappa shape index (κ2) is 8.55. The summed E-state index contributed by atoms with van der Waals surface area (Å²) in [5.41, 5.74) is 3.76. The Labute approximate surface area is 192 Å². The molecule has 1 saturated heterocycles. The van der Waals surface area contributed by atoms with Gasteiger partial charge in [0, 0.05) is 25.7 Å². The first-order valence-electron chi connectivity index (χ1n) is 10.5. The van der Waals surface area contributed by atoms with Crippen LogP contribution in [0.4, 0.5) is 0 Å². The smallest absolute Gasteiger partial charge is 0.279 e. The third-order valence-corrected chi connectivity index (χ3v) is 8.75. The monoisotopic (exact) mass is 473 g/mol. The third kappa shape index (κ3) is 4.17. The minimum atomic E-state index is -3.65. The van der Waals surface area contributed by atoms with Crippen LogP contribution in [0.2, 0.25) is 0 Å². The highest BCUT2D eigenvalue weighted by Crippen LogP contribution is 2.24. The summed E-state index contributed by atoms with van der Waals surface area (Å²) in [6.45, 7) is 8.46. The van der Waals surface area contributed by atoms with E-state index < -0.39 is 15.9 Å². The molecule has 2 aromatic carbocycles. The van der Waals surface area contributed by atoms with Crippen molar-refractivity contribution in [3.8, 4) is 0 Å². The van der Waals surface area contributed by atoms with Crippen LogP contribution >= 0.6 is 11.3 Å². The van der Waals surface area contributed by atoms with Crippen LogP contribution in [0.25, 0.3) is 10.2 Å². The molecule has 170 valence electrons. The Morgan fingerprint density at radius 1 is 1.06 bits per heavy atom. The summed E-state index contributed by atoms with van der Waals surface area (Å²) in [6.07, 6.45) is -0.328. The number of hydrogen-bond acceptors (Lipinski definition) is 5. The lowest BCUT2D eigenvalue weighted by molar-refractivity contribution is -0.0440. The molecule has 1 aliphatic heterocycles. The maximum Gasteiger partial charge on any atom is 0.279 e. The van der Waals surface area contributed by atoms with E-state index in [1.54, 1.807) is 0 Å². The first-order valence-corrected chi connectivity index (χ1v) is 12.7. The third-order valence-electron chi connectivity index (χ3n) is 5.81. The van der Waals surface area contributed by atoms with Crippen molar-refractivity contribution < 1.29 is 17.9 Å². The number of benzene rings is 2. The molecule has 2 heterocycles. The molecule has 1 aliphatic rings. The summed E-state index contributed by atoms with van der Waals surface area (Å²) in [5.74, 6) is -0.404. The van der Waals surface area contributed by atoms with Crippen LogP contribution < -0.4 is 4.80 Å². The molecule has 7 nitrogen and oxygen atoms in total. The van der Waals surface area contributed by atoms with E-state index >= 15 is 0 Å². The zero-order valence-corrected chi connectivity index (χ0v) is 20.5. The molecule has 9 heteroatoms. The van der Waals surface area contributed by atoms with E-state index in [1.807, 2.05) is 31.5 Å². The van der Waals surface area contributed by atoms with E-state index in [4.69, 9.17) is 4.74 Å². The van der Waals surface area contributed by atoms with Crippen LogP contribution in [0, 0.1) is 13.8 Å². The van der Waals surface area contributed by atoms with Gasteiger partial charge in [0.2, 0.25) is 10.0 Å². The van der Waals surface area contributed by atoms with Gasteiger partial charge in [0.1, 0.15) is 0 Å². The van der Waals surface area contributed by atoms with Crippen molar-refractivity contribution in [3.63, 3.8) is 0 Å². The Bertz CT molecular complexity index is 1340. The number of hydrogen-bond donors (Lipinski definition) is 0. The van der Waals surface area contributed by atoms with E-state index in [0.717, 1.165) is 15.8 Å². The minimum absolute atomic E-state index is 0.161. The van der Waals surface area contributed by atoms with E-state index in [0.29, 0.717) is 23.5 Å². The lowest BCUT2D eigenvalue weighted by Gasteiger charge is -2.34. The van der Waals surface area contributed by atoms with Gasteiger partial charge in [0.25, 0.3) is 5.91 Å². The number of aryl methyl sites for hydroxylation is 3. The Morgan fingerprint density at radius 3 is 2.31 bits per heavy atom. The standard InChI is InChI=1S/C23H27N3O4S2/c1-14-6-11-20-21(17(14)4)25(5)23(31-20)24-22(27)18-7-9-19(10-8-18)32(28,29)26-12-15(2)30-16(3)13-26/h6-11,15-16H,12-13H2,1-5H3/t15-,16-/m1/s1. The van der Waals surface area contributed by atoms with Gasteiger partial charge in [-0.1, -0.05) is 17.4 Å². The number of nitrogens with zero attached hydrogens (tertiary/aromatic N) is 3. The molecular formula is C23H27N3O4S2. The predicted molar refractivity (Wildman–Crippen MR) is 125 cm³/mol. The van der Waals surface area contributed by atoms with Crippen molar-refractivity contribution in [3.05, 3.63) is 57.9 Å². The number of amides is 1. The van der Waals surface area contributed by atoms with Gasteiger partial charge in [-0.15, -0.1) is 0 Å². The van der Waals surface area contributed by atoms with Gasteiger partial charge in [-0.3, -0.25) is 4.79 Å². The van der Waals surface area contributed by atoms with Gasteiger partial charge in [-0.2, -0.15) is 9.30 Å². The molecule has 0 radical (unpaired) electrons. The van der Waals surface area contributed by atoms with Crippen LogP contribution in [0.3, 0.4) is 0 Å². The minimum Gasteiger partial charge on any atom is -0.373 e. The van der Waals surface area contributed by atoms with Gasteiger partial charge >= 0.3 is 0 Å². The lowest BCUT2D eigenvalue weighted by Crippen LogP contribution is -2.48. The molecule has 0 unspecified atom stereocenters. The van der Waals surface area contributed by atoms with Crippen molar-refractivity contribution in [1.82, 2.24) is 8.87 Å². The van der Waals surface area contributed by atoms with Crippen LogP contribution in [0.1, 0.15) is 35.3 Å². The number of carbonyl (C=O) groups excluding carboxylic acids is 1. The number of rotatable bonds is 3. The number of morpholine rings is 1. The summed E-state index contributed by atoms with van der Waals surface area (Å²) < 4.78 is 36.1. The Hall–Kier alpha value is -2.33. The van der Waals surface area contributed by atoms with Crippen LogP contribution in [-0.4, -0.2) is 48.5 Å². The second-order valence-electron chi connectivity index (χ2n) is 8.32. The van der Waals surface area contributed by atoms with Gasteiger partial charge in [-0.05, 0) is 69.2 Å². The normalized spacial score (nSPS) is 20.7. The molecule has 0 saturated carbocycles. The zero-order valence-electron chi connectivity index (χ0n) is 18.8. The number of ether oxygens (including phenoxy) is 1. The number of thiazole rings is 1. The number of aromatic nitrogens is 1. The van der Waals surface area contributed by atoms with E-state index in [9.17, 15) is 13.2 Å². The van der Waals surface area contributed by atoms with Crippen molar-refractivity contribution in [1.29, 1.82) is 0 Å². The highest BCUT2D eigenvalue weighted by molar-refractivity contribution is 7.89. The molecular weight excluding hydrogens is 446 g/mol. The van der Waals surface area contributed by atoms with Crippen LogP contribution in [0.5, 0.6) is 0 Å². The molecule has 2 atom stereocenters. The quantitative estimate of drug-likeness (QED) is 0.584. The van der Waals surface area contributed by atoms with Gasteiger partial charge in [-0.25, -0.2) is 8.42 Å². The highest BCUT2D eigenvalue weighted by atomic mass is 32.2.